The van der Waals surface area contributed by atoms with Crippen LogP contribution in [0.25, 0.3) is 5.82 Å². The van der Waals surface area contributed by atoms with Gasteiger partial charge in [0.15, 0.2) is 5.82 Å². The molecule has 0 aliphatic heterocycles. The molecule has 2 amide bonds. The van der Waals surface area contributed by atoms with Gasteiger partial charge in [0.05, 0.1) is 28.0 Å². The van der Waals surface area contributed by atoms with Crippen LogP contribution in [-0.2, 0) is 6.54 Å². The monoisotopic (exact) mass is 652 g/mol. The van der Waals surface area contributed by atoms with Gasteiger partial charge in [-0.05, 0) is 70.6 Å². The van der Waals surface area contributed by atoms with E-state index in [1.807, 2.05) is 28.7 Å². The van der Waals surface area contributed by atoms with E-state index in [9.17, 15) is 18.4 Å². The van der Waals surface area contributed by atoms with Crippen LogP contribution in [0, 0.1) is 21.8 Å². The van der Waals surface area contributed by atoms with Crippen molar-refractivity contribution >= 4 is 51.7 Å². The molecule has 4 rings (SSSR count). The number of hydrogen-bond acceptors (Lipinski definition) is 8. The van der Waals surface area contributed by atoms with Crippen molar-refractivity contribution in [1.29, 1.82) is 5.26 Å². The van der Waals surface area contributed by atoms with Gasteiger partial charge < -0.3 is 10.6 Å². The number of aryl methyl sites for hydroxylation is 1. The number of nitrogens with one attached hydrogen (secondary N) is 2. The first-order valence-corrected chi connectivity index (χ1v) is 12.2. The van der Waals surface area contributed by atoms with E-state index in [4.69, 9.17) is 16.9 Å². The molecule has 16 heteroatoms. The van der Waals surface area contributed by atoms with E-state index in [1.54, 1.807) is 31.2 Å². The smallest absolute Gasteiger partial charge is 0.301 e. The van der Waals surface area contributed by atoms with Crippen LogP contribution in [-0.4, -0.2) is 53.3 Å². The summed E-state index contributed by atoms with van der Waals surface area (Å²) in [6, 6.07) is 9.73. The number of pyridine rings is 1. The molecule has 2 N–H and O–H groups in total. The van der Waals surface area contributed by atoms with Crippen molar-refractivity contribution in [3.05, 3.63) is 73.5 Å². The lowest BCUT2D eigenvalue weighted by Gasteiger charge is -2.15. The van der Waals surface area contributed by atoms with Crippen LogP contribution in [0.5, 0.6) is 0 Å². The van der Waals surface area contributed by atoms with Gasteiger partial charge in [-0.25, -0.2) is 18.4 Å². The summed E-state index contributed by atoms with van der Waals surface area (Å²) in [6.07, 6.45) is -1.44. The molecule has 0 saturated carbocycles. The van der Waals surface area contributed by atoms with Gasteiger partial charge in [-0.15, -0.1) is 10.2 Å². The fourth-order valence-electron chi connectivity index (χ4n) is 3.40. The lowest BCUT2D eigenvalue weighted by atomic mass is 10.1. The van der Waals surface area contributed by atoms with Crippen LogP contribution >= 0.6 is 34.2 Å². The maximum Gasteiger partial charge on any atom is 0.301 e. The highest BCUT2D eigenvalue weighted by atomic mass is 127. The lowest BCUT2D eigenvalue weighted by Crippen LogP contribution is -2.26. The second kappa shape index (κ2) is 11.6. The third-order valence-corrected chi connectivity index (χ3v) is 5.93. The fraction of sp³-hybridized carbons (Fsp3) is 0.182. The predicted molar refractivity (Wildman–Crippen MR) is 138 cm³/mol. The van der Waals surface area contributed by atoms with Crippen LogP contribution in [0.15, 0.2) is 36.5 Å². The van der Waals surface area contributed by atoms with Gasteiger partial charge in [0.1, 0.15) is 18.8 Å². The Bertz CT molecular complexity index is 1570. The van der Waals surface area contributed by atoms with Crippen LogP contribution < -0.4 is 10.6 Å². The number of carbonyl (C=O) groups excluding carboxylic acids is 2. The van der Waals surface area contributed by atoms with E-state index < -0.39 is 24.1 Å². The third kappa shape index (κ3) is 5.92. The molecule has 1 aromatic carbocycles. The van der Waals surface area contributed by atoms with Crippen LogP contribution in [0.2, 0.25) is 5.02 Å². The Morgan fingerprint density at radius 2 is 2.03 bits per heavy atom. The van der Waals surface area contributed by atoms with Crippen molar-refractivity contribution in [2.45, 2.75) is 19.9 Å². The number of aromatic nitrogens is 7. The van der Waals surface area contributed by atoms with Gasteiger partial charge in [-0.1, -0.05) is 11.6 Å². The first kappa shape index (κ1) is 27.0. The number of carbonyl (C=O) groups is 2. The molecule has 3 heterocycles. The first-order valence-electron chi connectivity index (χ1n) is 10.7. The van der Waals surface area contributed by atoms with Gasteiger partial charge in [-0.2, -0.15) is 15.2 Å². The van der Waals surface area contributed by atoms with Crippen molar-refractivity contribution in [3.63, 3.8) is 0 Å². The number of rotatable bonds is 8. The molecule has 0 atom stereocenters. The SMILES string of the molecule is Cc1cc(I)cc(C(=O)NCC#N)c1NC(=O)c1cc(Cn2nnc(C(F)F)n2)nn1-c1ncccc1Cl. The van der Waals surface area contributed by atoms with Crippen molar-refractivity contribution in [2.75, 3.05) is 11.9 Å². The molecule has 0 radical (unpaired) electrons. The van der Waals surface area contributed by atoms with Crippen molar-refractivity contribution < 1.29 is 18.4 Å². The number of amides is 2. The summed E-state index contributed by atoms with van der Waals surface area (Å²) in [5, 5.41) is 29.1. The predicted octanol–water partition coefficient (Wildman–Crippen LogP) is 3.31. The molecular weight excluding hydrogens is 637 g/mol. The quantitative estimate of drug-likeness (QED) is 0.217. The third-order valence-electron chi connectivity index (χ3n) is 5.01. The number of anilines is 1. The van der Waals surface area contributed by atoms with Crippen LogP contribution in [0.4, 0.5) is 14.5 Å². The standard InChI is InChI=1S/C22H16ClF2IN10O2/c1-11-7-12(26)8-14(21(37)29-6-4-27)17(11)30-22(38)16-9-13(10-35-33-19(18(24)25)31-34-35)32-36(16)20-15(23)3-2-5-28-20/h2-3,5,7-9,18H,6,10H2,1H3,(H,29,37)(H,30,38). The summed E-state index contributed by atoms with van der Waals surface area (Å²) >= 11 is 8.34. The summed E-state index contributed by atoms with van der Waals surface area (Å²) < 4.78 is 27.7. The van der Waals surface area contributed by atoms with Crippen molar-refractivity contribution in [1.82, 2.24) is 40.3 Å². The second-order valence-electron chi connectivity index (χ2n) is 7.66. The van der Waals surface area contributed by atoms with E-state index in [2.05, 4.69) is 36.1 Å². The number of benzene rings is 1. The van der Waals surface area contributed by atoms with Crippen molar-refractivity contribution in [3.8, 4) is 11.9 Å². The number of nitrogens with zero attached hydrogens (tertiary/aromatic N) is 8. The Kier molecular flexibility index (Phi) is 8.22. The number of hydrogen-bond donors (Lipinski definition) is 2. The fourth-order valence-corrected chi connectivity index (χ4v) is 4.38. The van der Waals surface area contributed by atoms with Gasteiger partial charge in [0.25, 0.3) is 11.8 Å². The maximum absolute atomic E-state index is 13.5. The zero-order chi connectivity index (χ0) is 27.4. The molecular formula is C22H16ClF2IN10O2. The largest absolute Gasteiger partial charge is 0.339 e. The number of halogens is 4. The molecule has 4 aromatic rings. The average Bonchev–Trinajstić information content (AvgIpc) is 3.52. The highest BCUT2D eigenvalue weighted by Gasteiger charge is 2.23. The minimum Gasteiger partial charge on any atom is -0.339 e. The number of tetrazole rings is 1. The Hall–Kier alpha value is -4.04. The van der Waals surface area contributed by atoms with E-state index >= 15 is 0 Å². The van der Waals surface area contributed by atoms with Gasteiger partial charge in [-0.3, -0.25) is 9.59 Å². The Labute approximate surface area is 232 Å². The highest BCUT2D eigenvalue weighted by Crippen LogP contribution is 2.26. The molecule has 0 fully saturated rings. The number of alkyl halides is 2. The molecule has 0 unspecified atom stereocenters. The summed E-state index contributed by atoms with van der Waals surface area (Å²) in [5.74, 6) is -1.82. The van der Waals surface area contributed by atoms with Gasteiger partial charge in [0, 0.05) is 9.77 Å². The summed E-state index contributed by atoms with van der Waals surface area (Å²) in [5.41, 5.74) is 1.19. The molecule has 0 saturated heterocycles. The Morgan fingerprint density at radius 1 is 1.24 bits per heavy atom. The minimum atomic E-state index is -2.90. The first-order chi connectivity index (χ1) is 18.2. The topological polar surface area (TPSA) is 156 Å². The molecule has 0 spiro atoms. The molecule has 12 nitrogen and oxygen atoms in total. The molecule has 0 aliphatic carbocycles. The van der Waals surface area contributed by atoms with E-state index in [1.165, 1.54) is 16.9 Å². The van der Waals surface area contributed by atoms with Gasteiger partial charge in [0.2, 0.25) is 5.82 Å². The molecule has 0 bridgehead atoms. The second-order valence-corrected chi connectivity index (χ2v) is 9.31. The molecule has 3 aromatic heterocycles. The van der Waals surface area contributed by atoms with Crippen LogP contribution in [0.1, 0.15) is 44.4 Å². The maximum atomic E-state index is 13.5. The molecule has 194 valence electrons. The zero-order valence-corrected chi connectivity index (χ0v) is 22.3. The van der Waals surface area contributed by atoms with Gasteiger partial charge >= 0.3 is 6.43 Å². The van der Waals surface area contributed by atoms with Crippen molar-refractivity contribution in [2.24, 2.45) is 0 Å². The van der Waals surface area contributed by atoms with E-state index in [0.29, 0.717) is 5.56 Å². The molecule has 0 aliphatic rings. The Morgan fingerprint density at radius 3 is 2.71 bits per heavy atom. The summed E-state index contributed by atoms with van der Waals surface area (Å²) in [4.78, 5) is 31.3. The Balaban J connectivity index is 1.73. The summed E-state index contributed by atoms with van der Waals surface area (Å²) in [6.45, 7) is 1.32. The normalized spacial score (nSPS) is 10.9. The van der Waals surface area contributed by atoms with E-state index in [-0.39, 0.29) is 46.6 Å². The zero-order valence-electron chi connectivity index (χ0n) is 19.4. The van der Waals surface area contributed by atoms with E-state index in [0.717, 1.165) is 8.37 Å². The van der Waals surface area contributed by atoms with Crippen LogP contribution in [0.3, 0.4) is 0 Å². The number of nitriles is 1. The summed E-state index contributed by atoms with van der Waals surface area (Å²) in [7, 11) is 0. The highest BCUT2D eigenvalue weighted by molar-refractivity contribution is 14.1. The minimum absolute atomic E-state index is 0.0175. The lowest BCUT2D eigenvalue weighted by molar-refractivity contribution is 0.0959. The average molecular weight is 653 g/mol. The molecule has 38 heavy (non-hydrogen) atoms.